The molecular weight excluding hydrogens is 390 g/mol. The lowest BCUT2D eigenvalue weighted by Crippen LogP contribution is -2.43. The summed E-state index contributed by atoms with van der Waals surface area (Å²) >= 11 is 0. The Morgan fingerprint density at radius 3 is 2.41 bits per heavy atom. The maximum atomic E-state index is 12.7. The average molecular weight is 422 g/mol. The zero-order valence-corrected chi connectivity index (χ0v) is 18.5. The number of hydrogen-bond donors (Lipinski definition) is 1. The fourth-order valence-corrected chi connectivity index (χ4v) is 5.74. The Labute approximate surface area is 173 Å². The Morgan fingerprint density at radius 1 is 1.14 bits per heavy atom. The van der Waals surface area contributed by atoms with Gasteiger partial charge in [-0.25, -0.2) is 13.1 Å². The third kappa shape index (κ3) is 4.80. The first-order valence-electron chi connectivity index (χ1n) is 10.3. The monoisotopic (exact) mass is 421 g/mol. The van der Waals surface area contributed by atoms with Crippen LogP contribution < -0.4 is 9.62 Å². The summed E-state index contributed by atoms with van der Waals surface area (Å²) in [6.07, 6.45) is 1.90. The van der Waals surface area contributed by atoms with E-state index < -0.39 is 10.0 Å². The molecule has 0 aromatic heterocycles. The van der Waals surface area contributed by atoms with Gasteiger partial charge in [0.1, 0.15) is 0 Å². The second-order valence-electron chi connectivity index (χ2n) is 8.63. The smallest absolute Gasteiger partial charge is 0.240 e. The molecule has 0 radical (unpaired) electrons. The van der Waals surface area contributed by atoms with Crippen molar-refractivity contribution in [2.45, 2.75) is 57.9 Å². The number of anilines is 1. The largest absolute Gasteiger partial charge is 0.342 e. The van der Waals surface area contributed by atoms with Gasteiger partial charge in [-0.1, -0.05) is 13.8 Å². The number of hydrogen-bond acceptors (Lipinski definition) is 4. The number of carbonyl (C=O) groups is 2. The molecule has 0 spiro atoms. The summed E-state index contributed by atoms with van der Waals surface area (Å²) in [7, 11) is -3.71. The Bertz CT molecular complexity index is 889. The second-order valence-corrected chi connectivity index (χ2v) is 10.4. The SMILES string of the molecule is CC(=O)N1c2ccc(S(=O)(=O)NCCC(=O)N3C[C@H](C)C[C@@H](C)C3)cc2C[C@@H]1C. The Kier molecular flexibility index (Phi) is 6.33. The van der Waals surface area contributed by atoms with Crippen molar-refractivity contribution in [3.05, 3.63) is 23.8 Å². The van der Waals surface area contributed by atoms with Crippen LogP contribution in [0.3, 0.4) is 0 Å². The topological polar surface area (TPSA) is 86.8 Å². The van der Waals surface area contributed by atoms with Crippen molar-refractivity contribution in [2.75, 3.05) is 24.5 Å². The zero-order chi connectivity index (χ0) is 21.3. The molecule has 7 nitrogen and oxygen atoms in total. The van der Waals surface area contributed by atoms with E-state index in [1.807, 2.05) is 11.8 Å². The van der Waals surface area contributed by atoms with Crippen molar-refractivity contribution in [3.8, 4) is 0 Å². The Hall–Kier alpha value is -1.93. The van der Waals surface area contributed by atoms with Crippen LogP contribution in [0, 0.1) is 11.8 Å². The summed E-state index contributed by atoms with van der Waals surface area (Å²) in [6.45, 7) is 9.30. The summed E-state index contributed by atoms with van der Waals surface area (Å²) in [6, 6.07) is 4.86. The van der Waals surface area contributed by atoms with Gasteiger partial charge in [-0.2, -0.15) is 0 Å². The molecule has 1 saturated heterocycles. The minimum atomic E-state index is -3.71. The van der Waals surface area contributed by atoms with Crippen LogP contribution in [-0.2, 0) is 26.0 Å². The van der Waals surface area contributed by atoms with Gasteiger partial charge in [0, 0.05) is 44.7 Å². The van der Waals surface area contributed by atoms with Crippen LogP contribution >= 0.6 is 0 Å². The van der Waals surface area contributed by atoms with E-state index in [1.165, 1.54) is 13.0 Å². The molecule has 8 heteroatoms. The Morgan fingerprint density at radius 2 is 1.79 bits per heavy atom. The molecule has 1 aromatic carbocycles. The lowest BCUT2D eigenvalue weighted by atomic mass is 9.92. The second kappa shape index (κ2) is 8.44. The summed E-state index contributed by atoms with van der Waals surface area (Å²) in [5.74, 6) is 0.890. The Balaban J connectivity index is 1.61. The lowest BCUT2D eigenvalue weighted by Gasteiger charge is -2.35. The summed E-state index contributed by atoms with van der Waals surface area (Å²) in [5, 5.41) is 0. The molecule has 0 unspecified atom stereocenters. The maximum Gasteiger partial charge on any atom is 0.240 e. The summed E-state index contributed by atoms with van der Waals surface area (Å²) < 4.78 is 27.9. The standard InChI is InChI=1S/C21H31N3O4S/c1-14-9-15(2)13-23(12-14)21(26)7-8-22-29(27,28)19-5-6-20-18(11-19)10-16(3)24(20)17(4)25/h5-6,11,14-16,22H,7-10,12-13H2,1-4H3/t14-,15-,16+/m1/s1. The van der Waals surface area contributed by atoms with Crippen molar-refractivity contribution in [3.63, 3.8) is 0 Å². The molecule has 160 valence electrons. The highest BCUT2D eigenvalue weighted by molar-refractivity contribution is 7.89. The van der Waals surface area contributed by atoms with Crippen LogP contribution in [0.15, 0.2) is 23.1 Å². The van der Waals surface area contributed by atoms with E-state index in [0.717, 1.165) is 30.8 Å². The predicted molar refractivity (Wildman–Crippen MR) is 112 cm³/mol. The maximum absolute atomic E-state index is 12.7. The number of carbonyl (C=O) groups excluding carboxylic acids is 2. The van der Waals surface area contributed by atoms with Gasteiger partial charge in [0.05, 0.1) is 4.90 Å². The van der Waals surface area contributed by atoms with E-state index in [-0.39, 0.29) is 35.7 Å². The van der Waals surface area contributed by atoms with Crippen molar-refractivity contribution in [2.24, 2.45) is 11.8 Å². The van der Waals surface area contributed by atoms with E-state index in [0.29, 0.717) is 18.3 Å². The number of nitrogens with zero attached hydrogens (tertiary/aromatic N) is 2. The molecule has 2 aliphatic heterocycles. The normalized spacial score (nSPS) is 24.5. The summed E-state index contributed by atoms with van der Waals surface area (Å²) in [5.41, 5.74) is 1.62. The molecule has 3 rings (SSSR count). The van der Waals surface area contributed by atoms with Crippen LogP contribution in [0.2, 0.25) is 0 Å². The van der Waals surface area contributed by atoms with Crippen LogP contribution in [0.1, 0.15) is 46.1 Å². The number of likely N-dealkylation sites (tertiary alicyclic amines) is 1. The zero-order valence-electron chi connectivity index (χ0n) is 17.6. The minimum absolute atomic E-state index is 0.00835. The number of nitrogens with one attached hydrogen (secondary N) is 1. The number of amides is 2. The average Bonchev–Trinajstić information content (AvgIpc) is 2.95. The number of piperidine rings is 1. The fraction of sp³-hybridized carbons (Fsp3) is 0.619. The molecule has 0 aliphatic carbocycles. The number of sulfonamides is 1. The molecule has 2 amide bonds. The van der Waals surface area contributed by atoms with Gasteiger partial charge in [0.25, 0.3) is 0 Å². The fourth-order valence-electron chi connectivity index (χ4n) is 4.65. The van der Waals surface area contributed by atoms with Crippen molar-refractivity contribution in [1.82, 2.24) is 9.62 Å². The molecule has 2 heterocycles. The van der Waals surface area contributed by atoms with Gasteiger partial charge in [0.15, 0.2) is 0 Å². The molecule has 0 saturated carbocycles. The first kappa shape index (κ1) is 21.8. The predicted octanol–water partition coefficient (Wildman–Crippen LogP) is 2.16. The number of benzene rings is 1. The number of fused-ring (bicyclic) bond motifs is 1. The van der Waals surface area contributed by atoms with Crippen LogP contribution in [0.25, 0.3) is 0 Å². The van der Waals surface area contributed by atoms with Crippen LogP contribution in [0.4, 0.5) is 5.69 Å². The van der Waals surface area contributed by atoms with Crippen LogP contribution in [0.5, 0.6) is 0 Å². The molecule has 1 N–H and O–H groups in total. The molecule has 0 bridgehead atoms. The minimum Gasteiger partial charge on any atom is -0.342 e. The van der Waals surface area contributed by atoms with Gasteiger partial charge in [-0.15, -0.1) is 0 Å². The van der Waals surface area contributed by atoms with Crippen molar-refractivity contribution < 1.29 is 18.0 Å². The van der Waals surface area contributed by atoms with E-state index in [2.05, 4.69) is 18.6 Å². The first-order valence-corrected chi connectivity index (χ1v) is 11.8. The van der Waals surface area contributed by atoms with Gasteiger partial charge in [-0.3, -0.25) is 9.59 Å². The highest BCUT2D eigenvalue weighted by Crippen LogP contribution is 2.33. The van der Waals surface area contributed by atoms with Crippen molar-refractivity contribution in [1.29, 1.82) is 0 Å². The molecular formula is C21H31N3O4S. The molecule has 29 heavy (non-hydrogen) atoms. The summed E-state index contributed by atoms with van der Waals surface area (Å²) in [4.78, 5) is 28.0. The van der Waals surface area contributed by atoms with E-state index in [1.54, 1.807) is 17.0 Å². The third-order valence-corrected chi connectivity index (χ3v) is 7.23. The highest BCUT2D eigenvalue weighted by atomic mass is 32.2. The lowest BCUT2D eigenvalue weighted by molar-refractivity contribution is -0.133. The first-order chi connectivity index (χ1) is 13.6. The molecule has 2 aliphatic rings. The third-order valence-electron chi connectivity index (χ3n) is 5.77. The van der Waals surface area contributed by atoms with E-state index in [9.17, 15) is 18.0 Å². The van der Waals surface area contributed by atoms with Gasteiger partial charge >= 0.3 is 0 Å². The highest BCUT2D eigenvalue weighted by Gasteiger charge is 2.30. The van der Waals surface area contributed by atoms with E-state index in [4.69, 9.17) is 0 Å². The molecule has 3 atom stereocenters. The van der Waals surface area contributed by atoms with Crippen LogP contribution in [-0.4, -0.2) is 50.8 Å². The quantitative estimate of drug-likeness (QED) is 0.789. The van der Waals surface area contributed by atoms with Gasteiger partial charge in [-0.05, 0) is 55.4 Å². The number of rotatable bonds is 5. The van der Waals surface area contributed by atoms with Gasteiger partial charge in [0.2, 0.25) is 21.8 Å². The molecule has 1 fully saturated rings. The van der Waals surface area contributed by atoms with Crippen molar-refractivity contribution >= 4 is 27.5 Å². The van der Waals surface area contributed by atoms with E-state index >= 15 is 0 Å². The molecule has 1 aromatic rings. The van der Waals surface area contributed by atoms with Gasteiger partial charge < -0.3 is 9.80 Å².